The van der Waals surface area contributed by atoms with Crippen LogP contribution < -0.4 is 4.90 Å². The Kier molecular flexibility index (Phi) is 2.94. The molecule has 7 heteroatoms. The van der Waals surface area contributed by atoms with Crippen molar-refractivity contribution in [1.29, 1.82) is 0 Å². The number of halogens is 2. The summed E-state index contributed by atoms with van der Waals surface area (Å²) in [4.78, 5) is 29.8. The van der Waals surface area contributed by atoms with E-state index in [-0.39, 0.29) is 16.6 Å². The van der Waals surface area contributed by atoms with Crippen LogP contribution in [-0.2, 0) is 11.3 Å². The number of carbonyl (C=O) groups excluding carboxylic acids is 2. The van der Waals surface area contributed by atoms with Gasteiger partial charge in [0.1, 0.15) is 5.82 Å². The molecule has 1 aromatic carbocycles. The normalized spacial score (nSPS) is 14.1. The number of ketones is 1. The Morgan fingerprint density at radius 1 is 1.37 bits per heavy atom. The van der Waals surface area contributed by atoms with Crippen molar-refractivity contribution in [1.82, 2.24) is 4.98 Å². The van der Waals surface area contributed by atoms with Crippen molar-refractivity contribution in [3.05, 3.63) is 44.6 Å². The molecule has 4 nitrogen and oxygen atoms in total. The van der Waals surface area contributed by atoms with Crippen LogP contribution in [0.2, 0.25) is 0 Å². The predicted octanol–water partition coefficient (Wildman–Crippen LogP) is 2.77. The van der Waals surface area contributed by atoms with Gasteiger partial charge in [0.15, 0.2) is 0 Å². The smallest absolute Gasteiger partial charge is 0.299 e. The van der Waals surface area contributed by atoms with Crippen LogP contribution >= 0.6 is 27.3 Å². The van der Waals surface area contributed by atoms with Gasteiger partial charge in [0.2, 0.25) is 0 Å². The highest BCUT2D eigenvalue weighted by molar-refractivity contribution is 9.10. The van der Waals surface area contributed by atoms with Crippen LogP contribution in [0.1, 0.15) is 15.2 Å². The van der Waals surface area contributed by atoms with Crippen molar-refractivity contribution in [2.24, 2.45) is 0 Å². The van der Waals surface area contributed by atoms with Gasteiger partial charge in [-0.05, 0) is 28.1 Å². The molecule has 96 valence electrons. The molecular weight excluding hydrogens is 335 g/mol. The van der Waals surface area contributed by atoms with Crippen LogP contribution in [-0.4, -0.2) is 16.7 Å². The maximum atomic E-state index is 13.6. The Bertz CT molecular complexity index is 687. The molecule has 2 heterocycles. The monoisotopic (exact) mass is 340 g/mol. The highest BCUT2D eigenvalue weighted by atomic mass is 79.9. The summed E-state index contributed by atoms with van der Waals surface area (Å²) in [5, 5.41) is 0. The summed E-state index contributed by atoms with van der Waals surface area (Å²) >= 11 is 4.39. The molecule has 1 aromatic heterocycles. The zero-order chi connectivity index (χ0) is 13.6. The molecular formula is C12H6BrFN2O2S. The van der Waals surface area contributed by atoms with Gasteiger partial charge >= 0.3 is 0 Å². The van der Waals surface area contributed by atoms with Gasteiger partial charge in [-0.3, -0.25) is 19.5 Å². The number of amides is 1. The van der Waals surface area contributed by atoms with E-state index in [0.29, 0.717) is 5.69 Å². The van der Waals surface area contributed by atoms with Gasteiger partial charge in [-0.1, -0.05) is 0 Å². The third kappa shape index (κ3) is 1.98. The minimum absolute atomic E-state index is 0.173. The number of hydrogen-bond acceptors (Lipinski definition) is 4. The van der Waals surface area contributed by atoms with Crippen molar-refractivity contribution in [2.45, 2.75) is 6.54 Å². The average molecular weight is 341 g/mol. The zero-order valence-corrected chi connectivity index (χ0v) is 11.8. The number of benzene rings is 1. The summed E-state index contributed by atoms with van der Waals surface area (Å²) in [6.07, 6.45) is 1.62. The molecule has 0 spiro atoms. The van der Waals surface area contributed by atoms with Crippen molar-refractivity contribution >= 4 is 44.6 Å². The van der Waals surface area contributed by atoms with Gasteiger partial charge < -0.3 is 0 Å². The van der Waals surface area contributed by atoms with Crippen LogP contribution in [0.25, 0.3) is 0 Å². The van der Waals surface area contributed by atoms with Gasteiger partial charge in [-0.15, -0.1) is 11.3 Å². The molecule has 1 aliphatic heterocycles. The summed E-state index contributed by atoms with van der Waals surface area (Å²) in [6.45, 7) is 0.226. The number of Topliss-reactive ketones (excluding diaryl/α,β-unsaturated/α-hetero) is 1. The number of carbonyl (C=O) groups is 2. The topological polar surface area (TPSA) is 50.3 Å². The quantitative estimate of drug-likeness (QED) is 0.790. The first-order chi connectivity index (χ1) is 9.08. The second-order valence-electron chi connectivity index (χ2n) is 3.97. The summed E-state index contributed by atoms with van der Waals surface area (Å²) in [5.41, 5.74) is 2.17. The van der Waals surface area contributed by atoms with E-state index in [2.05, 4.69) is 20.9 Å². The fraction of sp³-hybridized carbons (Fsp3) is 0.0833. The predicted molar refractivity (Wildman–Crippen MR) is 71.7 cm³/mol. The largest absolute Gasteiger partial charge is 0.299 e. The molecule has 0 fully saturated rings. The minimum Gasteiger partial charge on any atom is -0.299 e. The molecule has 0 aliphatic carbocycles. The van der Waals surface area contributed by atoms with Crippen LogP contribution in [0.4, 0.5) is 10.1 Å². The third-order valence-corrected chi connectivity index (χ3v) is 4.18. The molecule has 1 amide bonds. The molecule has 0 atom stereocenters. The van der Waals surface area contributed by atoms with E-state index < -0.39 is 17.5 Å². The first-order valence-electron chi connectivity index (χ1n) is 5.30. The molecule has 0 N–H and O–H groups in total. The van der Waals surface area contributed by atoms with E-state index in [1.54, 1.807) is 11.7 Å². The lowest BCUT2D eigenvalue weighted by molar-refractivity contribution is -0.114. The molecule has 3 rings (SSSR count). The number of rotatable bonds is 2. The molecule has 0 unspecified atom stereocenters. The first-order valence-corrected chi connectivity index (χ1v) is 6.98. The molecule has 19 heavy (non-hydrogen) atoms. The lowest BCUT2D eigenvalue weighted by Crippen LogP contribution is -2.28. The maximum Gasteiger partial charge on any atom is 0.299 e. The first kappa shape index (κ1) is 12.4. The molecule has 2 aromatic rings. The van der Waals surface area contributed by atoms with Gasteiger partial charge in [0, 0.05) is 11.1 Å². The Morgan fingerprint density at radius 3 is 2.84 bits per heavy atom. The van der Waals surface area contributed by atoms with E-state index in [9.17, 15) is 14.0 Å². The van der Waals surface area contributed by atoms with E-state index in [0.717, 1.165) is 4.88 Å². The van der Waals surface area contributed by atoms with Gasteiger partial charge in [-0.2, -0.15) is 0 Å². The van der Waals surface area contributed by atoms with Crippen LogP contribution in [0, 0.1) is 5.82 Å². The molecule has 0 saturated carbocycles. The van der Waals surface area contributed by atoms with Crippen molar-refractivity contribution in [3.8, 4) is 0 Å². The van der Waals surface area contributed by atoms with E-state index in [1.807, 2.05) is 0 Å². The Hall–Kier alpha value is -1.60. The molecule has 0 bridgehead atoms. The Labute approximate surface area is 120 Å². The highest BCUT2D eigenvalue weighted by Crippen LogP contribution is 2.34. The molecule has 0 saturated heterocycles. The van der Waals surface area contributed by atoms with E-state index in [1.165, 1.54) is 28.4 Å². The van der Waals surface area contributed by atoms with Crippen LogP contribution in [0.5, 0.6) is 0 Å². The van der Waals surface area contributed by atoms with E-state index >= 15 is 0 Å². The number of aromatic nitrogens is 1. The minimum atomic E-state index is -0.638. The second-order valence-corrected chi connectivity index (χ2v) is 5.80. The summed E-state index contributed by atoms with van der Waals surface area (Å²) < 4.78 is 13.7. The SMILES string of the molecule is O=C1C(=O)N(Cc2cncs2)c2cc(F)c(Br)cc21. The Morgan fingerprint density at radius 2 is 2.16 bits per heavy atom. The third-order valence-electron chi connectivity index (χ3n) is 2.81. The van der Waals surface area contributed by atoms with Crippen molar-refractivity contribution < 1.29 is 14.0 Å². The lowest BCUT2D eigenvalue weighted by Gasteiger charge is -2.15. The fourth-order valence-electron chi connectivity index (χ4n) is 1.92. The average Bonchev–Trinajstić information content (AvgIpc) is 2.96. The molecule has 0 radical (unpaired) electrons. The van der Waals surface area contributed by atoms with Gasteiger partial charge in [0.05, 0.1) is 27.8 Å². The fourth-order valence-corrected chi connectivity index (χ4v) is 2.85. The van der Waals surface area contributed by atoms with Crippen LogP contribution in [0.15, 0.2) is 28.3 Å². The number of anilines is 1. The van der Waals surface area contributed by atoms with Crippen molar-refractivity contribution in [3.63, 3.8) is 0 Å². The van der Waals surface area contributed by atoms with Crippen LogP contribution in [0.3, 0.4) is 0 Å². The van der Waals surface area contributed by atoms with Gasteiger partial charge in [-0.25, -0.2) is 4.39 Å². The van der Waals surface area contributed by atoms with Crippen molar-refractivity contribution in [2.75, 3.05) is 4.90 Å². The summed E-state index contributed by atoms with van der Waals surface area (Å²) in [5.74, 6) is -1.75. The van der Waals surface area contributed by atoms with E-state index in [4.69, 9.17) is 0 Å². The zero-order valence-electron chi connectivity index (χ0n) is 9.39. The summed E-state index contributed by atoms with van der Waals surface area (Å²) in [6, 6.07) is 2.54. The lowest BCUT2D eigenvalue weighted by atomic mass is 10.1. The number of hydrogen-bond donors (Lipinski definition) is 0. The summed E-state index contributed by atoms with van der Waals surface area (Å²) in [7, 11) is 0. The maximum absolute atomic E-state index is 13.6. The Balaban J connectivity index is 2.06. The second kappa shape index (κ2) is 4.50. The number of nitrogens with zero attached hydrogens (tertiary/aromatic N) is 2. The van der Waals surface area contributed by atoms with Gasteiger partial charge in [0.25, 0.3) is 11.7 Å². The number of fused-ring (bicyclic) bond motifs is 1. The highest BCUT2D eigenvalue weighted by Gasteiger charge is 2.36. The number of thiazole rings is 1. The molecule has 1 aliphatic rings. The standard InChI is InChI=1S/C12H6BrFN2O2S/c13-8-1-7-10(2-9(8)14)16(12(18)11(7)17)4-6-3-15-5-19-6/h1-3,5H,4H2.